The first kappa shape index (κ1) is 12.3. The van der Waals surface area contributed by atoms with E-state index in [-0.39, 0.29) is 6.04 Å². The monoisotopic (exact) mass is 186 g/mol. The summed E-state index contributed by atoms with van der Waals surface area (Å²) in [5, 5.41) is 4.82. The fourth-order valence-corrected chi connectivity index (χ4v) is 0.708. The molecule has 0 aliphatic heterocycles. The second-order valence-corrected chi connectivity index (χ2v) is 3.78. The van der Waals surface area contributed by atoms with Crippen molar-refractivity contribution in [1.82, 2.24) is 10.3 Å². The summed E-state index contributed by atoms with van der Waals surface area (Å²) in [6.45, 7) is 8.86. The lowest BCUT2D eigenvalue weighted by atomic mass is 10.3. The highest BCUT2D eigenvalue weighted by Gasteiger charge is 2.00. The summed E-state index contributed by atoms with van der Waals surface area (Å²) in [5.41, 5.74) is 6.49. The molecule has 0 aromatic carbocycles. The van der Waals surface area contributed by atoms with Gasteiger partial charge in [-0.1, -0.05) is 13.8 Å². The predicted molar refractivity (Wildman–Crippen MR) is 56.6 cm³/mol. The molecule has 0 rings (SSSR count). The molecule has 0 aliphatic rings. The zero-order chi connectivity index (χ0) is 10.4. The Hall–Kier alpha value is -0.740. The van der Waals surface area contributed by atoms with E-state index in [2.05, 4.69) is 19.2 Å². The van der Waals surface area contributed by atoms with Crippen molar-refractivity contribution in [2.75, 3.05) is 6.54 Å². The smallest absolute Gasteiger partial charge is 0.0398 e. The van der Waals surface area contributed by atoms with Gasteiger partial charge in [-0.15, -0.1) is 0 Å². The van der Waals surface area contributed by atoms with Crippen molar-refractivity contribution in [1.29, 1.82) is 0 Å². The average molecular weight is 186 g/mol. The van der Waals surface area contributed by atoms with Gasteiger partial charge in [0.1, 0.15) is 0 Å². The fourth-order valence-electron chi connectivity index (χ4n) is 0.708. The normalized spacial score (nSPS) is 12.7. The van der Waals surface area contributed by atoms with Crippen LogP contribution in [0.4, 0.5) is 0 Å². The summed E-state index contributed by atoms with van der Waals surface area (Å²) in [4.78, 5) is 0. The van der Waals surface area contributed by atoms with E-state index in [0.29, 0.717) is 12.6 Å². The lowest BCUT2D eigenvalue weighted by Crippen LogP contribution is -2.35. The first-order valence-corrected chi connectivity index (χ1v) is 4.66. The number of nitrogens with one attached hydrogen (secondary N) is 1. The molecular weight excluding hydrogens is 164 g/mol. The Kier molecular flexibility index (Phi) is 5.50. The largest absolute Gasteiger partial charge is 0.400 e. The molecule has 0 heterocycles. The van der Waals surface area contributed by atoms with Crippen molar-refractivity contribution in [3.63, 3.8) is 0 Å². The zero-order valence-electron chi connectivity index (χ0n) is 9.04. The maximum absolute atomic E-state index is 5.74. The van der Waals surface area contributed by atoms with Crippen LogP contribution in [-0.4, -0.2) is 23.6 Å². The van der Waals surface area contributed by atoms with Crippen molar-refractivity contribution < 1.29 is 0 Å². The number of rotatable bonds is 5. The van der Waals surface area contributed by atoms with Crippen molar-refractivity contribution in [3.8, 4) is 0 Å². The van der Waals surface area contributed by atoms with Gasteiger partial charge in [0, 0.05) is 30.5 Å². The van der Waals surface area contributed by atoms with Gasteiger partial charge in [0.25, 0.3) is 0 Å². The molecule has 0 bridgehead atoms. The van der Waals surface area contributed by atoms with E-state index in [1.165, 1.54) is 0 Å². The molecule has 13 heavy (non-hydrogen) atoms. The summed E-state index contributed by atoms with van der Waals surface area (Å²) in [7, 11) is 0. The Morgan fingerprint density at radius 3 is 2.31 bits per heavy atom. The van der Waals surface area contributed by atoms with Gasteiger partial charge >= 0.3 is 0 Å². The van der Waals surface area contributed by atoms with E-state index in [1.54, 1.807) is 11.2 Å². The molecule has 0 aromatic rings. The standard InChI is InChI=1S/C9H22N4/c1-7(2)12-5-9(10)6-13(11)8(3)4/h6-8,12H,5,10-11H2,1-4H3/b9-6-. The first-order chi connectivity index (χ1) is 5.93. The van der Waals surface area contributed by atoms with Crippen LogP contribution in [0.15, 0.2) is 11.9 Å². The number of nitrogens with zero attached hydrogens (tertiary/aromatic N) is 1. The topological polar surface area (TPSA) is 67.3 Å². The minimum absolute atomic E-state index is 0.276. The van der Waals surface area contributed by atoms with Crippen molar-refractivity contribution in [2.24, 2.45) is 11.6 Å². The zero-order valence-corrected chi connectivity index (χ0v) is 9.04. The first-order valence-electron chi connectivity index (χ1n) is 4.66. The maximum Gasteiger partial charge on any atom is 0.0398 e. The van der Waals surface area contributed by atoms with Crippen molar-refractivity contribution in [2.45, 2.75) is 39.8 Å². The van der Waals surface area contributed by atoms with Crippen LogP contribution in [0.5, 0.6) is 0 Å². The van der Waals surface area contributed by atoms with Gasteiger partial charge in [0.15, 0.2) is 0 Å². The van der Waals surface area contributed by atoms with Gasteiger partial charge in [-0.25, -0.2) is 5.84 Å². The van der Waals surface area contributed by atoms with Crippen LogP contribution < -0.4 is 16.9 Å². The molecular formula is C9H22N4. The van der Waals surface area contributed by atoms with Crippen LogP contribution in [0.3, 0.4) is 0 Å². The highest BCUT2D eigenvalue weighted by atomic mass is 15.4. The van der Waals surface area contributed by atoms with E-state index in [9.17, 15) is 0 Å². The lowest BCUT2D eigenvalue weighted by molar-refractivity contribution is 0.319. The van der Waals surface area contributed by atoms with Crippen LogP contribution in [-0.2, 0) is 0 Å². The van der Waals surface area contributed by atoms with E-state index in [0.717, 1.165) is 5.70 Å². The van der Waals surface area contributed by atoms with Crippen LogP contribution in [0.25, 0.3) is 0 Å². The molecule has 4 heteroatoms. The predicted octanol–water partition coefficient (Wildman–Crippen LogP) is 0.369. The molecule has 0 spiro atoms. The minimum Gasteiger partial charge on any atom is -0.400 e. The fraction of sp³-hybridized carbons (Fsp3) is 0.778. The van der Waals surface area contributed by atoms with E-state index in [1.807, 2.05) is 13.8 Å². The summed E-state index contributed by atoms with van der Waals surface area (Å²) in [6, 6.07) is 0.717. The van der Waals surface area contributed by atoms with E-state index < -0.39 is 0 Å². The minimum atomic E-state index is 0.276. The highest BCUT2D eigenvalue weighted by molar-refractivity contribution is 4.98. The summed E-state index contributed by atoms with van der Waals surface area (Å²) in [5.74, 6) is 5.67. The molecule has 0 aromatic heterocycles. The van der Waals surface area contributed by atoms with Crippen LogP contribution in [0.1, 0.15) is 27.7 Å². The molecule has 0 amide bonds. The Morgan fingerprint density at radius 2 is 1.92 bits per heavy atom. The molecule has 0 atom stereocenters. The van der Waals surface area contributed by atoms with Gasteiger partial charge in [0.05, 0.1) is 0 Å². The Balaban J connectivity index is 3.87. The van der Waals surface area contributed by atoms with Crippen LogP contribution in [0.2, 0.25) is 0 Å². The van der Waals surface area contributed by atoms with Gasteiger partial charge in [-0.2, -0.15) is 0 Å². The lowest BCUT2D eigenvalue weighted by Gasteiger charge is -2.19. The average Bonchev–Trinajstić information content (AvgIpc) is 2.00. The molecule has 5 N–H and O–H groups in total. The molecule has 78 valence electrons. The Bertz CT molecular complexity index is 163. The molecule has 0 saturated carbocycles. The second kappa shape index (κ2) is 5.83. The SMILES string of the molecule is CC(C)NC/C(N)=C/N(N)C(C)C. The van der Waals surface area contributed by atoms with Crippen molar-refractivity contribution in [3.05, 3.63) is 11.9 Å². The third-order valence-electron chi connectivity index (χ3n) is 1.63. The summed E-state index contributed by atoms with van der Waals surface area (Å²) in [6.07, 6.45) is 1.76. The molecule has 0 aliphatic carbocycles. The Labute approximate surface area is 80.9 Å². The molecule has 0 unspecified atom stereocenters. The maximum atomic E-state index is 5.74. The second-order valence-electron chi connectivity index (χ2n) is 3.78. The summed E-state index contributed by atoms with van der Waals surface area (Å²) >= 11 is 0. The van der Waals surface area contributed by atoms with Gasteiger partial charge < -0.3 is 16.1 Å². The number of nitrogens with two attached hydrogens (primary N) is 2. The molecule has 0 radical (unpaired) electrons. The van der Waals surface area contributed by atoms with E-state index in [4.69, 9.17) is 11.6 Å². The van der Waals surface area contributed by atoms with Gasteiger partial charge in [-0.05, 0) is 13.8 Å². The molecule has 4 nitrogen and oxygen atoms in total. The number of hydrazine groups is 1. The van der Waals surface area contributed by atoms with Gasteiger partial charge in [-0.3, -0.25) is 0 Å². The summed E-state index contributed by atoms with van der Waals surface area (Å²) < 4.78 is 0. The molecule has 0 fully saturated rings. The van der Waals surface area contributed by atoms with Crippen LogP contribution >= 0.6 is 0 Å². The Morgan fingerprint density at radius 1 is 1.38 bits per heavy atom. The van der Waals surface area contributed by atoms with Crippen molar-refractivity contribution >= 4 is 0 Å². The van der Waals surface area contributed by atoms with E-state index >= 15 is 0 Å². The van der Waals surface area contributed by atoms with Crippen LogP contribution in [0, 0.1) is 0 Å². The van der Waals surface area contributed by atoms with Gasteiger partial charge in [0.2, 0.25) is 0 Å². The number of hydrogen-bond donors (Lipinski definition) is 3. The quantitative estimate of drug-likeness (QED) is 0.428. The number of hydrogen-bond acceptors (Lipinski definition) is 4. The highest BCUT2D eigenvalue weighted by Crippen LogP contribution is 1.93. The molecule has 0 saturated heterocycles. The third-order valence-corrected chi connectivity index (χ3v) is 1.63. The third kappa shape index (κ3) is 6.42.